The summed E-state index contributed by atoms with van der Waals surface area (Å²) in [6, 6.07) is -0.602. The van der Waals surface area contributed by atoms with Gasteiger partial charge in [-0.15, -0.1) is 0 Å². The van der Waals surface area contributed by atoms with Crippen molar-refractivity contribution in [3.63, 3.8) is 0 Å². The number of likely N-dealkylation sites (N-methyl/N-ethyl adjacent to an activating group) is 1. The van der Waals surface area contributed by atoms with Gasteiger partial charge in [0.15, 0.2) is 0 Å². The van der Waals surface area contributed by atoms with Crippen LogP contribution in [-0.2, 0) is 9.53 Å². The number of esters is 1. The molecule has 0 aromatic heterocycles. The minimum Gasteiger partial charge on any atom is -0.463 e. The predicted molar refractivity (Wildman–Crippen MR) is 81.8 cm³/mol. The molecule has 0 radical (unpaired) electrons. The minimum absolute atomic E-state index is 0.267. The summed E-state index contributed by atoms with van der Waals surface area (Å²) < 4.78 is 5.11. The van der Waals surface area contributed by atoms with E-state index in [2.05, 4.69) is 29.4 Å². The number of nitrogens with one attached hydrogen (secondary N) is 2. The highest BCUT2D eigenvalue weighted by molar-refractivity contribution is 5.94. The highest BCUT2D eigenvalue weighted by Crippen LogP contribution is 2.15. The average molecular weight is 297 g/mol. The summed E-state index contributed by atoms with van der Waals surface area (Å²) in [5.74, 6) is -0.362. The van der Waals surface area contributed by atoms with Crippen LogP contribution in [-0.4, -0.2) is 49.2 Å². The Labute approximate surface area is 126 Å². The van der Waals surface area contributed by atoms with Gasteiger partial charge in [-0.05, 0) is 33.4 Å². The standard InChI is InChI=1S/C15H27N3O3/c1-5-8-9-18(6-2)10-12-13(14(19)21-7-3)11(4)16-15(20)17-12/h11H,5-10H2,1-4H3,(H2,16,17,20). The third kappa shape index (κ3) is 5.04. The number of hydrogen-bond acceptors (Lipinski definition) is 4. The Hall–Kier alpha value is -1.56. The molecule has 0 spiro atoms. The van der Waals surface area contributed by atoms with Crippen LogP contribution in [0.5, 0.6) is 0 Å². The van der Waals surface area contributed by atoms with Gasteiger partial charge in [0.05, 0.1) is 18.2 Å². The average Bonchev–Trinajstić information content (AvgIpc) is 2.42. The van der Waals surface area contributed by atoms with Crippen LogP contribution in [0, 0.1) is 0 Å². The third-order valence-electron chi connectivity index (χ3n) is 3.52. The Bertz CT molecular complexity index is 407. The highest BCUT2D eigenvalue weighted by Gasteiger charge is 2.30. The van der Waals surface area contributed by atoms with E-state index in [1.165, 1.54) is 0 Å². The molecule has 120 valence electrons. The van der Waals surface area contributed by atoms with Crippen molar-refractivity contribution in [3.05, 3.63) is 11.3 Å². The van der Waals surface area contributed by atoms with E-state index in [4.69, 9.17) is 4.74 Å². The Kier molecular flexibility index (Phi) is 7.22. The second-order valence-corrected chi connectivity index (χ2v) is 5.16. The number of nitrogens with zero attached hydrogens (tertiary/aromatic N) is 1. The lowest BCUT2D eigenvalue weighted by atomic mass is 10.0. The maximum Gasteiger partial charge on any atom is 0.337 e. The van der Waals surface area contributed by atoms with Crippen LogP contribution in [0.25, 0.3) is 0 Å². The number of unbranched alkanes of at least 4 members (excludes halogenated alkanes) is 1. The molecule has 6 heteroatoms. The Morgan fingerprint density at radius 1 is 1.33 bits per heavy atom. The van der Waals surface area contributed by atoms with Crippen molar-refractivity contribution in [1.29, 1.82) is 0 Å². The van der Waals surface area contributed by atoms with E-state index in [0.29, 0.717) is 24.4 Å². The maximum absolute atomic E-state index is 12.1. The number of urea groups is 1. The van der Waals surface area contributed by atoms with Crippen LogP contribution in [0.2, 0.25) is 0 Å². The second-order valence-electron chi connectivity index (χ2n) is 5.16. The first-order chi connectivity index (χ1) is 10.0. The molecule has 0 bridgehead atoms. The lowest BCUT2D eigenvalue weighted by Gasteiger charge is -2.30. The van der Waals surface area contributed by atoms with Crippen molar-refractivity contribution in [2.24, 2.45) is 0 Å². The molecule has 1 rings (SSSR count). The molecule has 1 aliphatic rings. The number of rotatable bonds is 8. The van der Waals surface area contributed by atoms with Gasteiger partial charge in [0, 0.05) is 12.2 Å². The molecule has 2 N–H and O–H groups in total. The van der Waals surface area contributed by atoms with Gasteiger partial charge in [-0.3, -0.25) is 4.90 Å². The van der Waals surface area contributed by atoms with Gasteiger partial charge < -0.3 is 15.4 Å². The van der Waals surface area contributed by atoms with Gasteiger partial charge >= 0.3 is 12.0 Å². The van der Waals surface area contributed by atoms with Crippen LogP contribution in [0.1, 0.15) is 40.5 Å². The fourth-order valence-corrected chi connectivity index (χ4v) is 2.36. The number of amides is 2. The maximum atomic E-state index is 12.1. The summed E-state index contributed by atoms with van der Waals surface area (Å²) >= 11 is 0. The molecule has 21 heavy (non-hydrogen) atoms. The van der Waals surface area contributed by atoms with E-state index in [1.54, 1.807) is 13.8 Å². The molecule has 1 heterocycles. The molecular formula is C15H27N3O3. The molecule has 0 saturated carbocycles. The molecular weight excluding hydrogens is 270 g/mol. The fourth-order valence-electron chi connectivity index (χ4n) is 2.36. The molecule has 1 unspecified atom stereocenters. The Balaban J connectivity index is 2.94. The van der Waals surface area contributed by atoms with Gasteiger partial charge in [0.1, 0.15) is 0 Å². The third-order valence-corrected chi connectivity index (χ3v) is 3.52. The largest absolute Gasteiger partial charge is 0.463 e. The van der Waals surface area contributed by atoms with Crippen molar-refractivity contribution in [1.82, 2.24) is 15.5 Å². The number of ether oxygens (including phenoxy) is 1. The fraction of sp³-hybridized carbons (Fsp3) is 0.733. The number of carbonyl (C=O) groups is 2. The summed E-state index contributed by atoms with van der Waals surface area (Å²) in [4.78, 5) is 26.0. The van der Waals surface area contributed by atoms with Crippen LogP contribution >= 0.6 is 0 Å². The number of hydrogen-bond donors (Lipinski definition) is 2. The van der Waals surface area contributed by atoms with E-state index in [-0.39, 0.29) is 18.0 Å². The molecule has 1 aliphatic heterocycles. The van der Waals surface area contributed by atoms with Crippen LogP contribution in [0.4, 0.5) is 4.79 Å². The van der Waals surface area contributed by atoms with Gasteiger partial charge in [0.2, 0.25) is 0 Å². The molecule has 0 aliphatic carbocycles. The molecule has 2 amide bonds. The van der Waals surface area contributed by atoms with Gasteiger partial charge in [-0.1, -0.05) is 20.3 Å². The summed E-state index contributed by atoms with van der Waals surface area (Å²) in [5.41, 5.74) is 1.18. The summed E-state index contributed by atoms with van der Waals surface area (Å²) in [6.45, 7) is 10.5. The van der Waals surface area contributed by atoms with E-state index in [0.717, 1.165) is 25.9 Å². The Morgan fingerprint density at radius 3 is 2.62 bits per heavy atom. The van der Waals surface area contributed by atoms with Gasteiger partial charge in [-0.25, -0.2) is 9.59 Å². The quantitative estimate of drug-likeness (QED) is 0.668. The first-order valence-electron chi connectivity index (χ1n) is 7.73. The van der Waals surface area contributed by atoms with Crippen molar-refractivity contribution < 1.29 is 14.3 Å². The van der Waals surface area contributed by atoms with Crippen molar-refractivity contribution >= 4 is 12.0 Å². The normalized spacial score (nSPS) is 18.5. The monoisotopic (exact) mass is 297 g/mol. The van der Waals surface area contributed by atoms with Crippen molar-refractivity contribution in [2.45, 2.75) is 46.6 Å². The lowest BCUT2D eigenvalue weighted by Crippen LogP contribution is -2.51. The highest BCUT2D eigenvalue weighted by atomic mass is 16.5. The summed E-state index contributed by atoms with van der Waals surface area (Å²) in [7, 11) is 0. The smallest absolute Gasteiger partial charge is 0.337 e. The lowest BCUT2D eigenvalue weighted by molar-refractivity contribution is -0.139. The molecule has 0 aromatic carbocycles. The van der Waals surface area contributed by atoms with Gasteiger partial charge in [0.25, 0.3) is 0 Å². The molecule has 0 aromatic rings. The topological polar surface area (TPSA) is 70.7 Å². The molecule has 6 nitrogen and oxygen atoms in total. The summed E-state index contributed by atoms with van der Waals surface area (Å²) in [6.07, 6.45) is 2.21. The first-order valence-corrected chi connectivity index (χ1v) is 7.73. The van der Waals surface area contributed by atoms with Crippen LogP contribution in [0.3, 0.4) is 0 Å². The van der Waals surface area contributed by atoms with Crippen LogP contribution < -0.4 is 10.6 Å². The minimum atomic E-state index is -0.362. The number of carbonyl (C=O) groups excluding carboxylic acids is 2. The zero-order valence-corrected chi connectivity index (χ0v) is 13.5. The van der Waals surface area contributed by atoms with Crippen molar-refractivity contribution in [3.8, 4) is 0 Å². The van der Waals surface area contributed by atoms with E-state index >= 15 is 0 Å². The van der Waals surface area contributed by atoms with Gasteiger partial charge in [-0.2, -0.15) is 0 Å². The molecule has 0 saturated heterocycles. The predicted octanol–water partition coefficient (Wildman–Crippen LogP) is 1.63. The second kappa shape index (κ2) is 8.67. The molecule has 0 fully saturated rings. The Morgan fingerprint density at radius 2 is 2.05 bits per heavy atom. The molecule has 1 atom stereocenters. The SMILES string of the molecule is CCCCN(CC)CC1=C(C(=O)OCC)C(C)NC(=O)N1. The van der Waals surface area contributed by atoms with E-state index in [1.807, 2.05) is 0 Å². The van der Waals surface area contributed by atoms with E-state index in [9.17, 15) is 9.59 Å². The van der Waals surface area contributed by atoms with Crippen LogP contribution in [0.15, 0.2) is 11.3 Å². The zero-order valence-electron chi connectivity index (χ0n) is 13.5. The first kappa shape index (κ1) is 17.5. The van der Waals surface area contributed by atoms with E-state index < -0.39 is 0 Å². The summed E-state index contributed by atoms with van der Waals surface area (Å²) in [5, 5.41) is 5.47. The zero-order chi connectivity index (χ0) is 15.8. The van der Waals surface area contributed by atoms with Crippen molar-refractivity contribution in [2.75, 3.05) is 26.2 Å².